The van der Waals surface area contributed by atoms with Gasteiger partial charge in [-0.05, 0) is 6.42 Å². The minimum atomic E-state index is -6.00. The van der Waals surface area contributed by atoms with Crippen molar-refractivity contribution in [3.63, 3.8) is 0 Å². The predicted molar refractivity (Wildman–Crippen MR) is 62.8 cm³/mol. The summed E-state index contributed by atoms with van der Waals surface area (Å²) >= 11 is 0. The van der Waals surface area contributed by atoms with Crippen LogP contribution < -0.4 is 0 Å². The molecule has 0 aromatic carbocycles. The molecule has 0 saturated carbocycles. The van der Waals surface area contributed by atoms with Crippen LogP contribution in [-0.2, 0) is 10.7 Å². The second-order valence-corrected chi connectivity index (χ2v) is 4.93. The summed E-state index contributed by atoms with van der Waals surface area (Å²) in [4.78, 5) is 3.82. The molecule has 0 N–H and O–H groups in total. The fraction of sp³-hybridized carbons (Fsp3) is 0.750. The summed E-state index contributed by atoms with van der Waals surface area (Å²) in [5, 5.41) is -0.332. The van der Waals surface area contributed by atoms with Gasteiger partial charge in [0.1, 0.15) is 5.37 Å². The van der Waals surface area contributed by atoms with Crippen molar-refractivity contribution in [1.29, 1.82) is 0 Å². The Morgan fingerprint density at radius 1 is 1.28 bits per heavy atom. The zero-order valence-corrected chi connectivity index (χ0v) is 11.0. The van der Waals surface area contributed by atoms with Crippen molar-refractivity contribution in [2.24, 2.45) is 0 Å². The van der Waals surface area contributed by atoms with Crippen molar-refractivity contribution >= 4 is 18.0 Å². The molecule has 18 heavy (non-hydrogen) atoms. The molecule has 0 aliphatic carbocycles. The number of nitrogens with zero attached hydrogens (tertiary/aromatic N) is 2. The average Bonchev–Trinajstić information content (AvgIpc) is 2.57. The van der Waals surface area contributed by atoms with E-state index in [0.717, 1.165) is 6.42 Å². The van der Waals surface area contributed by atoms with E-state index in [4.69, 9.17) is 0 Å². The molecule has 108 valence electrons. The lowest BCUT2D eigenvalue weighted by molar-refractivity contribution is 0.268. The van der Waals surface area contributed by atoms with Crippen LogP contribution in [0.3, 0.4) is 0 Å². The van der Waals surface area contributed by atoms with Gasteiger partial charge in [-0.15, -0.1) is 0 Å². The highest BCUT2D eigenvalue weighted by atomic mass is 32.2. The molecule has 1 aliphatic heterocycles. The quantitative estimate of drug-likeness (QED) is 0.486. The first-order valence-corrected chi connectivity index (χ1v) is 6.55. The molecule has 0 amide bonds. The van der Waals surface area contributed by atoms with Gasteiger partial charge in [0, 0.05) is 19.4 Å². The van der Waals surface area contributed by atoms with E-state index in [2.05, 4.69) is 0 Å². The molecule has 0 aromatic rings. The zero-order chi connectivity index (χ0) is 14.3. The van der Waals surface area contributed by atoms with Gasteiger partial charge in [0.15, 0.2) is 10.7 Å². The van der Waals surface area contributed by atoms with Crippen molar-refractivity contribution in [1.82, 2.24) is 9.80 Å². The third-order valence-corrected chi connectivity index (χ3v) is 3.11. The molecule has 1 atom stereocenters. The highest BCUT2D eigenvalue weighted by Gasteiger charge is 2.21. The van der Waals surface area contributed by atoms with Gasteiger partial charge in [-0.1, -0.05) is 13.3 Å². The van der Waals surface area contributed by atoms with Crippen LogP contribution in [0.25, 0.3) is 0 Å². The van der Waals surface area contributed by atoms with E-state index in [1.165, 1.54) is 0 Å². The summed E-state index contributed by atoms with van der Waals surface area (Å²) in [6.07, 6.45) is 5.33. The first kappa shape index (κ1) is 17.1. The summed E-state index contributed by atoms with van der Waals surface area (Å²) in [7, 11) is -6.42. The number of hydrogen-bond donors (Lipinski definition) is 1. The van der Waals surface area contributed by atoms with Crippen LogP contribution in [0.1, 0.15) is 19.8 Å². The lowest BCUT2D eigenvalue weighted by Crippen LogP contribution is -2.33. The SMILES string of the molecule is CCCC(N1C=CN(C)C1)[SH](=O)=O.F[B-](F)(F)F. The molecule has 0 saturated heterocycles. The van der Waals surface area contributed by atoms with E-state index in [1.807, 2.05) is 36.2 Å². The van der Waals surface area contributed by atoms with E-state index in [9.17, 15) is 25.7 Å². The first-order valence-electron chi connectivity index (χ1n) is 5.30. The highest BCUT2D eigenvalue weighted by molar-refractivity contribution is 7.73. The number of hydrogen-bond acceptors (Lipinski definition) is 4. The fourth-order valence-electron chi connectivity index (χ4n) is 1.40. The van der Waals surface area contributed by atoms with Crippen LogP contribution >= 0.6 is 0 Å². The van der Waals surface area contributed by atoms with E-state index in [0.29, 0.717) is 13.1 Å². The topological polar surface area (TPSA) is 40.6 Å². The molecular weight excluding hydrogens is 275 g/mol. The summed E-state index contributed by atoms with van der Waals surface area (Å²) in [6.45, 7) is 2.67. The molecule has 4 nitrogen and oxygen atoms in total. The second-order valence-electron chi connectivity index (χ2n) is 3.76. The molecule has 1 aliphatic rings. The summed E-state index contributed by atoms with van der Waals surface area (Å²) < 4.78 is 60.9. The van der Waals surface area contributed by atoms with Crippen LogP contribution in [0.15, 0.2) is 12.4 Å². The van der Waals surface area contributed by atoms with Crippen LogP contribution in [0.5, 0.6) is 0 Å². The molecule has 0 fully saturated rings. The molecule has 0 bridgehead atoms. The molecule has 0 radical (unpaired) electrons. The highest BCUT2D eigenvalue weighted by Crippen LogP contribution is 2.13. The van der Waals surface area contributed by atoms with Crippen LogP contribution in [-0.4, -0.2) is 44.6 Å². The molecule has 10 heteroatoms. The van der Waals surface area contributed by atoms with Gasteiger partial charge in [-0.3, -0.25) is 0 Å². The maximum atomic E-state index is 10.9. The van der Waals surface area contributed by atoms with Gasteiger partial charge >= 0.3 is 7.25 Å². The Balaban J connectivity index is 0.000000494. The van der Waals surface area contributed by atoms with Crippen molar-refractivity contribution < 1.29 is 25.7 Å². The minimum absolute atomic E-state index is 0.332. The summed E-state index contributed by atoms with van der Waals surface area (Å²) in [6, 6.07) is 0. The van der Waals surface area contributed by atoms with E-state index < -0.39 is 18.0 Å². The standard InChI is InChI=1S/C8H16N2O2S.BF4/c1-3-4-8(13(11)12)10-6-5-9(2)7-10;2-1(3,4)5/h5-6,8,13H,3-4,7H2,1-2H3;/q;-1. The Labute approximate surface area is 105 Å². The molecule has 0 spiro atoms. The molecule has 1 rings (SSSR count). The van der Waals surface area contributed by atoms with E-state index >= 15 is 0 Å². The van der Waals surface area contributed by atoms with Crippen molar-refractivity contribution in [3.8, 4) is 0 Å². The lowest BCUT2D eigenvalue weighted by atomic mass is 10.3. The fourth-order valence-corrected chi connectivity index (χ4v) is 2.26. The predicted octanol–water partition coefficient (Wildman–Crippen LogP) is 1.70. The van der Waals surface area contributed by atoms with Crippen molar-refractivity contribution in [2.75, 3.05) is 13.7 Å². The van der Waals surface area contributed by atoms with Gasteiger partial charge in [-0.25, -0.2) is 8.42 Å². The maximum Gasteiger partial charge on any atom is 0.673 e. The third-order valence-electron chi connectivity index (χ3n) is 2.07. The Morgan fingerprint density at radius 2 is 1.78 bits per heavy atom. The van der Waals surface area contributed by atoms with Gasteiger partial charge < -0.3 is 27.1 Å². The first-order chi connectivity index (χ1) is 8.15. The van der Waals surface area contributed by atoms with Crippen LogP contribution in [0.2, 0.25) is 0 Å². The van der Waals surface area contributed by atoms with Crippen LogP contribution in [0.4, 0.5) is 17.3 Å². The van der Waals surface area contributed by atoms with Crippen molar-refractivity contribution in [2.45, 2.75) is 25.1 Å². The second kappa shape index (κ2) is 7.50. The van der Waals surface area contributed by atoms with Crippen molar-refractivity contribution in [3.05, 3.63) is 12.4 Å². The van der Waals surface area contributed by atoms with Gasteiger partial charge in [0.2, 0.25) is 0 Å². The van der Waals surface area contributed by atoms with Gasteiger partial charge in [-0.2, -0.15) is 0 Å². The molecule has 1 heterocycles. The molecule has 0 aromatic heterocycles. The van der Waals surface area contributed by atoms with Gasteiger partial charge in [0.25, 0.3) is 0 Å². The normalized spacial score (nSPS) is 16.8. The Morgan fingerprint density at radius 3 is 2.06 bits per heavy atom. The van der Waals surface area contributed by atoms with E-state index in [-0.39, 0.29) is 5.37 Å². The smallest absolute Gasteiger partial charge is 0.418 e. The Hall–Kier alpha value is -0.925. The van der Waals surface area contributed by atoms with Crippen LogP contribution in [0, 0.1) is 0 Å². The molecule has 1 unspecified atom stereocenters. The van der Waals surface area contributed by atoms with Gasteiger partial charge in [0.05, 0.1) is 6.67 Å². The van der Waals surface area contributed by atoms with E-state index in [1.54, 1.807) is 0 Å². The maximum absolute atomic E-state index is 10.9. The monoisotopic (exact) mass is 291 g/mol. The largest absolute Gasteiger partial charge is 0.673 e. The number of rotatable bonds is 4. The summed E-state index contributed by atoms with van der Waals surface area (Å²) in [5.74, 6) is 0. The average molecular weight is 291 g/mol. The molecular formula is C8H16BF4N2O2S-. The number of thiol groups is 1. The Bertz CT molecular complexity index is 334. The number of halogens is 4. The Kier molecular flexibility index (Phi) is 7.11. The third kappa shape index (κ3) is 8.21. The lowest BCUT2D eigenvalue weighted by Gasteiger charge is -2.23. The zero-order valence-electron chi connectivity index (χ0n) is 10.1. The minimum Gasteiger partial charge on any atom is -0.418 e. The summed E-state index contributed by atoms with van der Waals surface area (Å²) in [5.41, 5.74) is 0.